The number of carbonyl (C=O) groups excluding carboxylic acids is 4. The molecule has 0 aliphatic carbocycles. The molecule has 0 aromatic heterocycles. The van der Waals surface area contributed by atoms with Gasteiger partial charge in [-0.25, -0.2) is 0 Å². The number of para-hydroxylation sites is 4. The molecule has 5 aromatic carbocycles. The van der Waals surface area contributed by atoms with Crippen molar-refractivity contribution in [3.8, 4) is 46.0 Å². The first-order chi connectivity index (χ1) is 42.4. The Hall–Kier alpha value is -9.41. The van der Waals surface area contributed by atoms with Gasteiger partial charge in [0, 0.05) is 66.4 Å². The van der Waals surface area contributed by atoms with Crippen LogP contribution in [0.15, 0.2) is 118 Å². The van der Waals surface area contributed by atoms with Crippen LogP contribution in [0.4, 0.5) is 0 Å². The van der Waals surface area contributed by atoms with Crippen molar-refractivity contribution < 1.29 is 218 Å². The summed E-state index contributed by atoms with van der Waals surface area (Å²) in [5.41, 5.74) is 1.29. The minimum absolute atomic E-state index is 0. The maximum atomic E-state index is 11.9. The number of carboxylic acids is 2. The summed E-state index contributed by atoms with van der Waals surface area (Å²) in [5.74, 6) is -2.79. The minimum atomic E-state index is -1.75. The van der Waals surface area contributed by atoms with Gasteiger partial charge in [0.15, 0.2) is 26.4 Å². The summed E-state index contributed by atoms with van der Waals surface area (Å²) < 4.78 is 19.7. The molecule has 0 aliphatic heterocycles. The number of hydrogen-bond donors (Lipinski definition) is 0. The first-order valence-corrected chi connectivity index (χ1v) is 23.4. The summed E-state index contributed by atoms with van der Waals surface area (Å²) in [6.07, 6.45) is 6.70. The van der Waals surface area contributed by atoms with E-state index in [9.17, 15) is 49.8 Å². The van der Waals surface area contributed by atoms with Crippen LogP contribution in [0.25, 0.3) is 0 Å². The van der Waals surface area contributed by atoms with E-state index in [1.165, 1.54) is 63.1 Å². The predicted molar refractivity (Wildman–Crippen MR) is 300 cm³/mol. The van der Waals surface area contributed by atoms with Crippen LogP contribution >= 0.6 is 0 Å². The summed E-state index contributed by atoms with van der Waals surface area (Å²) in [4.78, 5) is 95.1. The maximum absolute atomic E-state index is 11.9. The number of carboxylic acid groups (broad SMARTS) is 2. The molecular formula is C50H54Dy2N10Ni2O30-2. The second-order valence-corrected chi connectivity index (χ2v) is 15.0. The molecular weight excluding hydrogens is 1660 g/mol. The van der Waals surface area contributed by atoms with E-state index >= 15 is 0 Å². The number of hydrogen-bond acceptors (Lipinski definition) is 34. The summed E-state index contributed by atoms with van der Waals surface area (Å²) in [6.45, 7) is 0.478. The predicted octanol–water partition coefficient (Wildman–Crippen LogP) is -0.635. The Labute approximate surface area is 613 Å². The van der Waals surface area contributed by atoms with Crippen molar-refractivity contribution in [1.29, 1.82) is 0 Å². The first kappa shape index (κ1) is 101. The van der Waals surface area contributed by atoms with Gasteiger partial charge in [-0.05, 0) is 57.6 Å². The smallest absolute Gasteiger partial charge is 0.870 e. The Morgan fingerprint density at radius 1 is 0.415 bits per heavy atom. The van der Waals surface area contributed by atoms with Gasteiger partial charge in [-0.15, -0.1) is 0 Å². The van der Waals surface area contributed by atoms with E-state index in [-0.39, 0.29) is 193 Å². The van der Waals surface area contributed by atoms with Crippen LogP contribution < -0.4 is 49.6 Å². The number of nitrogens with zero attached hydrogens (tertiary/aromatic N) is 10. The Balaban J connectivity index is -0.000000167. The van der Waals surface area contributed by atoms with Crippen LogP contribution in [0.2, 0.25) is 0 Å². The van der Waals surface area contributed by atoms with Gasteiger partial charge < -0.3 is 150 Å². The van der Waals surface area contributed by atoms with Gasteiger partial charge >= 0.3 is 71.2 Å². The van der Waals surface area contributed by atoms with Crippen molar-refractivity contribution in [3.63, 3.8) is 0 Å². The molecule has 0 bridgehead atoms. The molecule has 0 heterocycles. The van der Waals surface area contributed by atoms with Gasteiger partial charge in [0.25, 0.3) is 0 Å². The van der Waals surface area contributed by atoms with Gasteiger partial charge in [0.2, 0.25) is 12.8 Å². The molecule has 2 amide bonds. The third-order valence-electron chi connectivity index (χ3n) is 8.29. The molecule has 44 heteroatoms. The van der Waals surface area contributed by atoms with Crippen molar-refractivity contribution in [1.82, 2.24) is 9.80 Å². The molecule has 0 saturated heterocycles. The third kappa shape index (κ3) is 56.6. The van der Waals surface area contributed by atoms with Crippen LogP contribution in [0.5, 0.6) is 46.0 Å². The Morgan fingerprint density at radius 2 is 0.574 bits per heavy atom. The molecule has 5 rings (SSSR count). The molecule has 5 aromatic rings. The second-order valence-electron chi connectivity index (χ2n) is 15.0. The Bertz CT molecular complexity index is 2700. The molecule has 526 valence electrons. The third-order valence-corrected chi connectivity index (χ3v) is 8.29. The molecule has 94 heavy (non-hydrogen) atoms. The summed E-state index contributed by atoms with van der Waals surface area (Å²) in [5, 5.41) is 142. The van der Waals surface area contributed by atoms with Crippen molar-refractivity contribution in [3.05, 3.63) is 192 Å². The Kier molecular flexibility index (Phi) is 68.3. The summed E-state index contributed by atoms with van der Waals surface area (Å²) >= 11 is 0. The van der Waals surface area contributed by atoms with Crippen LogP contribution in [0.3, 0.4) is 0 Å². The molecule has 0 N–H and O–H groups in total. The number of aromatic carboxylic acids is 2. The fourth-order valence-corrected chi connectivity index (χ4v) is 4.66. The summed E-state index contributed by atoms with van der Waals surface area (Å²) in [6, 6.07) is 24.0. The average Bonchev–Trinajstić information content (AvgIpc) is 1.04. The van der Waals surface area contributed by atoms with Gasteiger partial charge in [-0.1, -0.05) is 116 Å². The van der Waals surface area contributed by atoms with Crippen LogP contribution in [0.1, 0.15) is 43.0 Å². The van der Waals surface area contributed by atoms with E-state index in [4.69, 9.17) is 99.6 Å². The van der Waals surface area contributed by atoms with E-state index in [1.807, 2.05) is 0 Å². The molecule has 0 spiro atoms. The number of oxime groups is 4. The topological polar surface area (TPSA) is 601 Å². The normalized spacial score (nSPS) is 9.02. The van der Waals surface area contributed by atoms with Gasteiger partial charge in [-0.2, -0.15) is 0 Å². The second kappa shape index (κ2) is 63.7. The van der Waals surface area contributed by atoms with E-state index in [2.05, 4.69) is 20.6 Å². The monoisotopic (exact) mass is 1720 g/mol. The van der Waals surface area contributed by atoms with Crippen molar-refractivity contribution in [2.24, 2.45) is 20.6 Å². The number of benzene rings is 5. The molecule has 0 saturated carbocycles. The molecule has 0 fully saturated rings. The summed E-state index contributed by atoms with van der Waals surface area (Å²) in [7, 11) is 12.4. The molecule has 0 atom stereocenters. The van der Waals surface area contributed by atoms with Crippen molar-refractivity contribution in [2.45, 2.75) is 0 Å². The number of carbonyl (C=O) groups is 4. The van der Waals surface area contributed by atoms with Gasteiger partial charge in [-0.3, -0.25) is 9.59 Å². The first-order valence-electron chi connectivity index (χ1n) is 23.4. The van der Waals surface area contributed by atoms with Crippen molar-refractivity contribution >= 4 is 49.6 Å². The van der Waals surface area contributed by atoms with E-state index in [0.717, 1.165) is 37.1 Å². The fraction of sp³-hybridized carbons (Fsp3) is 0.240. The molecule has 0 aliphatic rings. The van der Waals surface area contributed by atoms with Crippen LogP contribution in [-0.4, -0.2) is 163 Å². The van der Waals surface area contributed by atoms with Crippen LogP contribution in [-0.2, 0) is 61.9 Å². The van der Waals surface area contributed by atoms with E-state index in [0.29, 0.717) is 22.3 Å². The molecule has 2 radical (unpaired) electrons. The average molecular weight is 1720 g/mol. The fourth-order valence-electron chi connectivity index (χ4n) is 4.66. The Morgan fingerprint density at radius 3 is 0.702 bits per heavy atom. The minimum Gasteiger partial charge on any atom is -0.870 e. The number of rotatable bonds is 22. The zero-order chi connectivity index (χ0) is 69.6. The maximum Gasteiger partial charge on any atom is 3.00 e. The van der Waals surface area contributed by atoms with Crippen molar-refractivity contribution in [2.75, 3.05) is 83.1 Å². The van der Waals surface area contributed by atoms with Gasteiger partial charge in [0.05, 0.1) is 85.6 Å². The quantitative estimate of drug-likeness (QED) is 0.0208. The van der Waals surface area contributed by atoms with Crippen LogP contribution in [0, 0.1) is 138 Å². The number of methoxy groups -OCH3 is 4. The van der Waals surface area contributed by atoms with E-state index < -0.39 is 32.3 Å². The van der Waals surface area contributed by atoms with E-state index in [1.54, 1.807) is 101 Å². The largest absolute Gasteiger partial charge is 3.00 e. The number of amides is 2. The molecule has 40 nitrogen and oxygen atoms in total. The molecule has 0 unspecified atom stereocenters. The zero-order valence-corrected chi connectivity index (χ0v) is 55.5. The number of ether oxygens (including phenoxy) is 4. The SMILES string of the molecule is CN(C)C=O.CN(C)C=O.COc1cccc(/C=N/OCCO/N=C/c2cccc(OC)c2[O-])c1[O-].COc1cccc(/C=N/OCCO/N=C/c2cccc(OC)c2[O-])c1[O-].O=C([O-])c1ccc(C(=O)[O-])cc1.O=[N+]([O-])[O-].O=[N+]([O-])[O-].O=[N+]([O-])[O-].O=[N+]([O-])[O-].[Dy+3].[Dy].[Ni+2].[Ni+3]. The van der Waals surface area contributed by atoms with Gasteiger partial charge in [0.1, 0.15) is 23.0 Å². The standard InChI is InChI=1S/2C18H20N2O6.C8H6O4.2C3H7NO.2Dy.4NO3.2Ni/c2*1-23-15-7-3-5-13(17(15)21)11-19-25-9-10-26-20-12-14-6-4-8-16(24-2)18(14)22;9-7(10)5-1-2-6(4-3-5)8(11)12;2*1-4(2)3-5;;;4*2-1(3)4;;/h2*3-8,11-12,21-22H,9-10H2,1-2H3;1-4H,(H,9,10)(H,11,12);2*3H,1-2H3;;;;;;;;/q;;;;;;+3;4*-1;+2;+3/p-6/b2*19-11+,20-12+;;;;;;;;;;;. The zero-order valence-electron chi connectivity index (χ0n) is 49.5.